The van der Waals surface area contributed by atoms with Crippen LogP contribution in [-0.2, 0) is 6.18 Å². The number of nitrogens with zero attached hydrogens (tertiary/aromatic N) is 2. The number of amides is 2. The molecule has 0 bridgehead atoms. The smallest absolute Gasteiger partial charge is 0.329 e. The Morgan fingerprint density at radius 2 is 2.05 bits per heavy atom. The summed E-state index contributed by atoms with van der Waals surface area (Å²) in [5, 5.41) is 6.35. The Morgan fingerprint density at radius 1 is 1.36 bits per heavy atom. The number of halogens is 3. The number of hydrogen-bond donors (Lipinski definition) is 2. The quantitative estimate of drug-likeness (QED) is 0.895. The molecular formula is C13H13F3N4OS. The highest BCUT2D eigenvalue weighted by Gasteiger charge is 2.34. The van der Waals surface area contributed by atoms with E-state index in [1.54, 1.807) is 19.1 Å². The van der Waals surface area contributed by atoms with E-state index >= 15 is 0 Å². The molecular weight excluding hydrogens is 317 g/mol. The number of hydrogen-bond acceptors (Lipinski definition) is 4. The largest absolute Gasteiger partial charge is 0.434 e. The van der Waals surface area contributed by atoms with Crippen LogP contribution in [0.25, 0.3) is 0 Å². The van der Waals surface area contributed by atoms with Crippen LogP contribution < -0.4 is 10.6 Å². The summed E-state index contributed by atoms with van der Waals surface area (Å²) in [6.07, 6.45) is -1.02. The molecule has 9 heteroatoms. The molecule has 0 aliphatic rings. The van der Waals surface area contributed by atoms with E-state index in [1.807, 2.05) is 0 Å². The molecule has 0 aliphatic carbocycles. The first-order chi connectivity index (χ1) is 10.4. The van der Waals surface area contributed by atoms with Gasteiger partial charge in [0.1, 0.15) is 5.01 Å². The summed E-state index contributed by atoms with van der Waals surface area (Å²) in [7, 11) is 0. The number of alkyl halides is 3. The molecule has 2 N–H and O–H groups in total. The molecule has 0 saturated heterocycles. The van der Waals surface area contributed by atoms with Crippen molar-refractivity contribution >= 4 is 23.1 Å². The van der Waals surface area contributed by atoms with E-state index < -0.39 is 23.9 Å². The molecule has 0 saturated carbocycles. The lowest BCUT2D eigenvalue weighted by atomic mass is 10.2. The molecule has 2 amide bonds. The van der Waals surface area contributed by atoms with Crippen molar-refractivity contribution in [2.24, 2.45) is 0 Å². The van der Waals surface area contributed by atoms with Gasteiger partial charge in [-0.15, -0.1) is 11.3 Å². The average Bonchev–Trinajstić information content (AvgIpc) is 2.95. The van der Waals surface area contributed by atoms with Crippen LogP contribution in [0, 0.1) is 0 Å². The first-order valence-electron chi connectivity index (χ1n) is 6.40. The van der Waals surface area contributed by atoms with Crippen LogP contribution in [0.3, 0.4) is 0 Å². The Labute approximate surface area is 128 Å². The highest BCUT2D eigenvalue weighted by molar-refractivity contribution is 7.09. The van der Waals surface area contributed by atoms with Crippen LogP contribution in [-0.4, -0.2) is 16.0 Å². The Balaban J connectivity index is 2.03. The van der Waals surface area contributed by atoms with Crippen molar-refractivity contribution in [3.8, 4) is 0 Å². The molecule has 2 rings (SSSR count). The monoisotopic (exact) mass is 330 g/mol. The molecule has 2 aromatic rings. The van der Waals surface area contributed by atoms with Crippen molar-refractivity contribution in [3.05, 3.63) is 40.6 Å². The predicted molar refractivity (Wildman–Crippen MR) is 76.5 cm³/mol. The minimum Gasteiger partial charge on any atom is -0.329 e. The third-order valence-electron chi connectivity index (χ3n) is 2.76. The second-order valence-corrected chi connectivity index (χ2v) is 5.25. The zero-order valence-electron chi connectivity index (χ0n) is 11.5. The average molecular weight is 330 g/mol. The number of nitrogens with one attached hydrogen (secondary N) is 2. The number of urea groups is 1. The molecule has 118 valence electrons. The van der Waals surface area contributed by atoms with E-state index in [0.29, 0.717) is 12.1 Å². The fourth-order valence-electron chi connectivity index (χ4n) is 1.68. The van der Waals surface area contributed by atoms with Crippen molar-refractivity contribution in [2.75, 3.05) is 5.32 Å². The number of carbonyl (C=O) groups excluding carboxylic acids is 1. The Hall–Kier alpha value is -2.16. The fourth-order valence-corrected chi connectivity index (χ4v) is 2.64. The van der Waals surface area contributed by atoms with E-state index in [-0.39, 0.29) is 5.01 Å². The minimum absolute atomic E-state index is 0.222. The zero-order chi connectivity index (χ0) is 16.2. The van der Waals surface area contributed by atoms with Gasteiger partial charge in [-0.05, 0) is 18.6 Å². The number of rotatable bonds is 4. The molecule has 1 unspecified atom stereocenters. The molecule has 0 radical (unpaired) electrons. The third-order valence-corrected chi connectivity index (χ3v) is 3.72. The summed E-state index contributed by atoms with van der Waals surface area (Å²) in [6.45, 7) is 1.76. The first kappa shape index (κ1) is 16.2. The van der Waals surface area contributed by atoms with Crippen LogP contribution in [0.2, 0.25) is 0 Å². The molecule has 0 fully saturated rings. The van der Waals surface area contributed by atoms with Gasteiger partial charge in [0, 0.05) is 23.5 Å². The Bertz CT molecular complexity index is 630. The summed E-state index contributed by atoms with van der Waals surface area (Å²) in [5.74, 6) is 0. The van der Waals surface area contributed by atoms with Gasteiger partial charge in [0.15, 0.2) is 5.69 Å². The zero-order valence-corrected chi connectivity index (χ0v) is 12.3. The molecule has 22 heavy (non-hydrogen) atoms. The number of pyridine rings is 1. The van der Waals surface area contributed by atoms with E-state index in [4.69, 9.17) is 0 Å². The van der Waals surface area contributed by atoms with Gasteiger partial charge < -0.3 is 10.6 Å². The fraction of sp³-hybridized carbons (Fsp3) is 0.308. The van der Waals surface area contributed by atoms with Crippen LogP contribution in [0.4, 0.5) is 23.7 Å². The lowest BCUT2D eigenvalue weighted by Crippen LogP contribution is -2.32. The van der Waals surface area contributed by atoms with Gasteiger partial charge in [0.05, 0.1) is 6.04 Å². The van der Waals surface area contributed by atoms with Crippen molar-refractivity contribution < 1.29 is 18.0 Å². The maximum absolute atomic E-state index is 12.6. The van der Waals surface area contributed by atoms with Gasteiger partial charge in [-0.2, -0.15) is 13.2 Å². The third kappa shape index (κ3) is 4.17. The number of anilines is 1. The molecule has 2 aromatic heterocycles. The Kier molecular flexibility index (Phi) is 4.96. The number of carbonyl (C=O) groups is 1. The van der Waals surface area contributed by atoms with Crippen molar-refractivity contribution in [1.29, 1.82) is 0 Å². The minimum atomic E-state index is -4.48. The molecule has 2 heterocycles. The van der Waals surface area contributed by atoms with Gasteiger partial charge in [-0.25, -0.2) is 9.78 Å². The highest BCUT2D eigenvalue weighted by Crippen LogP contribution is 2.32. The second kappa shape index (κ2) is 6.73. The van der Waals surface area contributed by atoms with E-state index in [0.717, 1.165) is 16.7 Å². The summed E-state index contributed by atoms with van der Waals surface area (Å²) < 4.78 is 37.7. The highest BCUT2D eigenvalue weighted by atomic mass is 32.1. The predicted octanol–water partition coefficient (Wildman–Crippen LogP) is 3.83. The van der Waals surface area contributed by atoms with Crippen molar-refractivity contribution in [1.82, 2.24) is 15.3 Å². The van der Waals surface area contributed by atoms with E-state index in [2.05, 4.69) is 20.6 Å². The van der Waals surface area contributed by atoms with Crippen LogP contribution in [0.1, 0.15) is 30.1 Å². The summed E-state index contributed by atoms with van der Waals surface area (Å²) in [6, 6.07) is 2.11. The Morgan fingerprint density at radius 3 is 2.59 bits per heavy atom. The summed E-state index contributed by atoms with van der Waals surface area (Å²) in [4.78, 5) is 19.2. The molecule has 0 aliphatic heterocycles. The molecule has 0 spiro atoms. The lowest BCUT2D eigenvalue weighted by Gasteiger charge is -2.15. The molecule has 1 atom stereocenters. The maximum atomic E-state index is 12.6. The van der Waals surface area contributed by atoms with Gasteiger partial charge >= 0.3 is 12.2 Å². The number of thiazole rings is 1. The van der Waals surface area contributed by atoms with Gasteiger partial charge in [-0.3, -0.25) is 4.98 Å². The van der Waals surface area contributed by atoms with Crippen molar-refractivity contribution in [3.63, 3.8) is 0 Å². The number of aromatic nitrogens is 2. The van der Waals surface area contributed by atoms with Crippen molar-refractivity contribution in [2.45, 2.75) is 25.6 Å². The second-order valence-electron chi connectivity index (χ2n) is 4.36. The van der Waals surface area contributed by atoms with Crippen LogP contribution >= 0.6 is 11.3 Å². The van der Waals surface area contributed by atoms with Crippen LogP contribution in [0.5, 0.6) is 0 Å². The SMILES string of the molecule is CCC(NC(=O)Nc1ccncc1)c1nc(C(F)(F)F)cs1. The standard InChI is InChI=1S/C13H13F3N4OS/c1-2-9(11-20-10(7-22-11)13(14,15)16)19-12(21)18-8-3-5-17-6-4-8/h3-7,9H,2H2,1H3,(H2,17,18,19,21). The molecule has 0 aromatic carbocycles. The van der Waals surface area contributed by atoms with E-state index in [1.165, 1.54) is 12.4 Å². The first-order valence-corrected chi connectivity index (χ1v) is 7.28. The summed E-state index contributed by atoms with van der Waals surface area (Å²) in [5.41, 5.74) is -0.403. The lowest BCUT2D eigenvalue weighted by molar-refractivity contribution is -0.140. The van der Waals surface area contributed by atoms with Crippen LogP contribution in [0.15, 0.2) is 29.9 Å². The molecule has 5 nitrogen and oxygen atoms in total. The van der Waals surface area contributed by atoms with Gasteiger partial charge in [-0.1, -0.05) is 6.92 Å². The van der Waals surface area contributed by atoms with E-state index in [9.17, 15) is 18.0 Å². The summed E-state index contributed by atoms with van der Waals surface area (Å²) >= 11 is 0.874. The van der Waals surface area contributed by atoms with Gasteiger partial charge in [0.2, 0.25) is 0 Å². The normalized spacial score (nSPS) is 12.7. The maximum Gasteiger partial charge on any atom is 0.434 e. The topological polar surface area (TPSA) is 66.9 Å². The van der Waals surface area contributed by atoms with Gasteiger partial charge in [0.25, 0.3) is 0 Å².